The fourth-order valence-electron chi connectivity index (χ4n) is 2.82. The zero-order valence-corrected chi connectivity index (χ0v) is 13.3. The van der Waals surface area contributed by atoms with Crippen LogP contribution in [0.15, 0.2) is 18.2 Å². The lowest BCUT2D eigenvalue weighted by Gasteiger charge is -2.21. The molecule has 2 unspecified atom stereocenters. The smallest absolute Gasteiger partial charge is 0.239 e. The van der Waals surface area contributed by atoms with Crippen molar-refractivity contribution in [1.29, 1.82) is 0 Å². The summed E-state index contributed by atoms with van der Waals surface area (Å²) in [5, 5.41) is 2.92. The van der Waals surface area contributed by atoms with Crippen molar-refractivity contribution in [3.8, 4) is 0 Å². The van der Waals surface area contributed by atoms with E-state index < -0.39 is 5.92 Å². The number of rotatable bonds is 4. The number of nitrogens with zero attached hydrogens (tertiary/aromatic N) is 1. The molecule has 2 amide bonds. The molecule has 1 N–H and O–H groups in total. The van der Waals surface area contributed by atoms with E-state index in [2.05, 4.69) is 5.32 Å². The highest BCUT2D eigenvalue weighted by Crippen LogP contribution is 2.31. The summed E-state index contributed by atoms with van der Waals surface area (Å²) in [6.45, 7) is 8.60. The first-order valence-electron chi connectivity index (χ1n) is 7.63. The van der Waals surface area contributed by atoms with Gasteiger partial charge in [0, 0.05) is 18.3 Å². The number of amides is 2. The zero-order chi connectivity index (χ0) is 15.6. The minimum Gasteiger partial charge on any atom is -0.353 e. The summed E-state index contributed by atoms with van der Waals surface area (Å²) < 4.78 is 0. The summed E-state index contributed by atoms with van der Waals surface area (Å²) in [6.07, 6.45) is 1.46. The summed E-state index contributed by atoms with van der Waals surface area (Å²) in [6, 6.07) is 6.10. The highest BCUT2D eigenvalue weighted by molar-refractivity contribution is 6.10. The van der Waals surface area contributed by atoms with Crippen LogP contribution in [0.3, 0.4) is 0 Å². The van der Waals surface area contributed by atoms with Crippen molar-refractivity contribution in [2.24, 2.45) is 5.92 Å². The van der Waals surface area contributed by atoms with Crippen LogP contribution in [0.1, 0.15) is 37.8 Å². The maximum atomic E-state index is 12.6. The molecule has 4 nitrogen and oxygen atoms in total. The molecule has 0 bridgehead atoms. The third kappa shape index (κ3) is 3.09. The molecule has 1 aliphatic heterocycles. The summed E-state index contributed by atoms with van der Waals surface area (Å²) in [7, 11) is 0. The number of para-hydroxylation sites is 1. The second-order valence-electron chi connectivity index (χ2n) is 5.89. The van der Waals surface area contributed by atoms with E-state index in [0.717, 1.165) is 23.2 Å². The first-order chi connectivity index (χ1) is 9.95. The number of carbonyl (C=O) groups excluding carboxylic acids is 2. The third-order valence-electron chi connectivity index (χ3n) is 4.23. The Morgan fingerprint density at radius 2 is 2.00 bits per heavy atom. The molecule has 0 spiro atoms. The molecule has 2 rings (SSSR count). The van der Waals surface area contributed by atoms with Crippen molar-refractivity contribution in [2.75, 3.05) is 11.4 Å². The van der Waals surface area contributed by atoms with E-state index in [4.69, 9.17) is 0 Å². The van der Waals surface area contributed by atoms with E-state index in [9.17, 15) is 9.59 Å². The number of nitrogens with one attached hydrogen (secondary N) is 1. The maximum absolute atomic E-state index is 12.6. The van der Waals surface area contributed by atoms with Crippen LogP contribution in [-0.2, 0) is 9.59 Å². The van der Waals surface area contributed by atoms with Crippen LogP contribution in [0.2, 0.25) is 0 Å². The molecule has 2 atom stereocenters. The van der Waals surface area contributed by atoms with Crippen LogP contribution in [0.25, 0.3) is 0 Å². The van der Waals surface area contributed by atoms with Gasteiger partial charge in [0.25, 0.3) is 0 Å². The zero-order valence-electron chi connectivity index (χ0n) is 13.3. The topological polar surface area (TPSA) is 49.4 Å². The van der Waals surface area contributed by atoms with Gasteiger partial charge in [-0.2, -0.15) is 0 Å². The van der Waals surface area contributed by atoms with Crippen molar-refractivity contribution < 1.29 is 9.59 Å². The fourth-order valence-corrected chi connectivity index (χ4v) is 2.82. The molecular weight excluding hydrogens is 264 g/mol. The summed E-state index contributed by atoms with van der Waals surface area (Å²) >= 11 is 0. The molecule has 1 saturated heterocycles. The van der Waals surface area contributed by atoms with Crippen molar-refractivity contribution >= 4 is 17.5 Å². The molecule has 1 aromatic rings. The first-order valence-corrected chi connectivity index (χ1v) is 7.63. The Morgan fingerprint density at radius 1 is 1.38 bits per heavy atom. The standard InChI is InChI=1S/C17H24N2O2/c1-5-13(4)18-16(20)14-9-10-19(17(14)21)15-11(2)7-6-8-12(15)3/h6-8,13-14H,5,9-10H2,1-4H3,(H,18,20). The Kier molecular flexibility index (Phi) is 4.66. The highest BCUT2D eigenvalue weighted by atomic mass is 16.2. The van der Waals surface area contributed by atoms with Gasteiger partial charge < -0.3 is 10.2 Å². The summed E-state index contributed by atoms with van der Waals surface area (Å²) in [5.41, 5.74) is 3.11. The van der Waals surface area contributed by atoms with E-state index in [1.807, 2.05) is 45.9 Å². The molecule has 0 radical (unpaired) electrons. The van der Waals surface area contributed by atoms with Gasteiger partial charge in [0.1, 0.15) is 5.92 Å². The molecule has 114 valence electrons. The Hall–Kier alpha value is -1.84. The van der Waals surface area contributed by atoms with Crippen LogP contribution in [0.5, 0.6) is 0 Å². The van der Waals surface area contributed by atoms with Gasteiger partial charge in [-0.15, -0.1) is 0 Å². The monoisotopic (exact) mass is 288 g/mol. The molecule has 1 aliphatic rings. The van der Waals surface area contributed by atoms with Gasteiger partial charge in [-0.05, 0) is 44.7 Å². The Balaban J connectivity index is 2.17. The molecule has 0 aromatic heterocycles. The SMILES string of the molecule is CCC(C)NC(=O)C1CCN(c2c(C)cccc2C)C1=O. The third-order valence-corrected chi connectivity index (χ3v) is 4.23. The second-order valence-corrected chi connectivity index (χ2v) is 5.89. The van der Waals surface area contributed by atoms with Crippen molar-refractivity contribution in [3.63, 3.8) is 0 Å². The van der Waals surface area contributed by atoms with E-state index in [0.29, 0.717) is 13.0 Å². The lowest BCUT2D eigenvalue weighted by atomic mass is 10.1. The number of hydrogen-bond acceptors (Lipinski definition) is 2. The van der Waals surface area contributed by atoms with Gasteiger partial charge in [-0.1, -0.05) is 25.1 Å². The molecule has 21 heavy (non-hydrogen) atoms. The van der Waals surface area contributed by atoms with Crippen LogP contribution in [0, 0.1) is 19.8 Å². The van der Waals surface area contributed by atoms with Gasteiger partial charge in [0.05, 0.1) is 0 Å². The molecule has 1 heterocycles. The Bertz CT molecular complexity index is 533. The molecule has 0 saturated carbocycles. The minimum atomic E-state index is -0.544. The number of anilines is 1. The molecule has 1 aromatic carbocycles. The highest BCUT2D eigenvalue weighted by Gasteiger charge is 2.38. The normalized spacial score (nSPS) is 19.7. The molecule has 4 heteroatoms. The predicted molar refractivity (Wildman–Crippen MR) is 84.3 cm³/mol. The quantitative estimate of drug-likeness (QED) is 0.866. The number of carbonyl (C=O) groups is 2. The first kappa shape index (κ1) is 15.5. The largest absolute Gasteiger partial charge is 0.353 e. The molecular formula is C17H24N2O2. The van der Waals surface area contributed by atoms with Gasteiger partial charge in [0.2, 0.25) is 11.8 Å². The van der Waals surface area contributed by atoms with Crippen LogP contribution in [0.4, 0.5) is 5.69 Å². The van der Waals surface area contributed by atoms with E-state index in [-0.39, 0.29) is 17.9 Å². The van der Waals surface area contributed by atoms with Crippen molar-refractivity contribution in [2.45, 2.75) is 46.6 Å². The van der Waals surface area contributed by atoms with Crippen molar-refractivity contribution in [3.05, 3.63) is 29.3 Å². The minimum absolute atomic E-state index is 0.0757. The number of benzene rings is 1. The van der Waals surface area contributed by atoms with Crippen molar-refractivity contribution in [1.82, 2.24) is 5.32 Å². The fraction of sp³-hybridized carbons (Fsp3) is 0.529. The van der Waals surface area contributed by atoms with E-state index >= 15 is 0 Å². The van der Waals surface area contributed by atoms with Gasteiger partial charge in [0.15, 0.2) is 0 Å². The summed E-state index contributed by atoms with van der Waals surface area (Å²) in [5.74, 6) is -0.755. The average Bonchev–Trinajstić information content (AvgIpc) is 2.80. The van der Waals surface area contributed by atoms with Crippen LogP contribution in [-0.4, -0.2) is 24.4 Å². The van der Waals surface area contributed by atoms with Crippen LogP contribution >= 0.6 is 0 Å². The lowest BCUT2D eigenvalue weighted by Crippen LogP contribution is -2.40. The Morgan fingerprint density at radius 3 is 2.57 bits per heavy atom. The molecule has 1 fully saturated rings. The lowest BCUT2D eigenvalue weighted by molar-refractivity contribution is -0.132. The maximum Gasteiger partial charge on any atom is 0.239 e. The van der Waals surface area contributed by atoms with E-state index in [1.54, 1.807) is 4.90 Å². The van der Waals surface area contributed by atoms with Gasteiger partial charge in [-0.3, -0.25) is 9.59 Å². The summed E-state index contributed by atoms with van der Waals surface area (Å²) in [4.78, 5) is 26.6. The number of hydrogen-bond donors (Lipinski definition) is 1. The van der Waals surface area contributed by atoms with Gasteiger partial charge >= 0.3 is 0 Å². The number of aryl methyl sites for hydroxylation is 2. The Labute approximate surface area is 126 Å². The second kappa shape index (κ2) is 6.29. The average molecular weight is 288 g/mol. The van der Waals surface area contributed by atoms with Crippen LogP contribution < -0.4 is 10.2 Å². The van der Waals surface area contributed by atoms with E-state index in [1.165, 1.54) is 0 Å². The molecule has 0 aliphatic carbocycles. The van der Waals surface area contributed by atoms with Gasteiger partial charge in [-0.25, -0.2) is 0 Å². The predicted octanol–water partition coefficient (Wildman–Crippen LogP) is 2.57.